The highest BCUT2D eigenvalue weighted by atomic mass is 79.9. The predicted octanol–water partition coefficient (Wildman–Crippen LogP) is 2.12. The predicted molar refractivity (Wildman–Crippen MR) is 105 cm³/mol. The minimum Gasteiger partial charge on any atom is -0.368 e. The van der Waals surface area contributed by atoms with Gasteiger partial charge in [0.2, 0.25) is 17.7 Å². The second-order valence-corrected chi connectivity index (χ2v) is 6.94. The van der Waals surface area contributed by atoms with E-state index in [-0.39, 0.29) is 0 Å². The van der Waals surface area contributed by atoms with Crippen LogP contribution in [0.5, 0.6) is 0 Å². The van der Waals surface area contributed by atoms with Gasteiger partial charge in [-0.2, -0.15) is 9.61 Å². The van der Waals surface area contributed by atoms with E-state index in [4.69, 9.17) is 10.7 Å². The highest BCUT2D eigenvalue weighted by Crippen LogP contribution is 2.28. The molecule has 0 unspecified atom stereocenters. The van der Waals surface area contributed by atoms with E-state index in [1.807, 2.05) is 38.2 Å². The van der Waals surface area contributed by atoms with Gasteiger partial charge in [-0.3, -0.25) is 9.48 Å². The summed E-state index contributed by atoms with van der Waals surface area (Å²) in [6, 6.07) is 7.02. The summed E-state index contributed by atoms with van der Waals surface area (Å²) in [5.74, 6) is 0.460. The number of aromatic nitrogens is 6. The Kier molecular flexibility index (Phi) is 4.27. The lowest BCUT2D eigenvalue weighted by Gasteiger charge is -2.15. The summed E-state index contributed by atoms with van der Waals surface area (Å²) >= 11 is 3.53. The van der Waals surface area contributed by atoms with Crippen LogP contribution in [0.25, 0.3) is 28.1 Å². The van der Waals surface area contributed by atoms with Crippen LogP contribution in [0.4, 0.5) is 5.95 Å². The third-order valence-electron chi connectivity index (χ3n) is 4.36. The summed E-state index contributed by atoms with van der Waals surface area (Å²) in [5.41, 5.74) is 7.60. The monoisotopic (exact) mass is 428 g/mol. The zero-order chi connectivity index (χ0) is 19.1. The molecule has 0 aliphatic rings. The second-order valence-electron chi connectivity index (χ2n) is 6.09. The van der Waals surface area contributed by atoms with Crippen molar-refractivity contribution in [1.82, 2.24) is 29.4 Å². The number of para-hydroxylation sites is 1. The average molecular weight is 429 g/mol. The van der Waals surface area contributed by atoms with Crippen LogP contribution in [0.3, 0.4) is 0 Å². The van der Waals surface area contributed by atoms with Crippen molar-refractivity contribution in [3.63, 3.8) is 0 Å². The molecule has 1 atom stereocenters. The number of anilines is 1. The molecule has 0 aliphatic carbocycles. The van der Waals surface area contributed by atoms with Gasteiger partial charge in [-0.25, -0.2) is 9.97 Å². The number of benzene rings is 1. The van der Waals surface area contributed by atoms with Crippen molar-refractivity contribution in [2.24, 2.45) is 12.8 Å². The van der Waals surface area contributed by atoms with E-state index in [0.717, 1.165) is 21.1 Å². The van der Waals surface area contributed by atoms with Crippen molar-refractivity contribution in [2.75, 3.05) is 5.32 Å². The topological polar surface area (TPSA) is 116 Å². The summed E-state index contributed by atoms with van der Waals surface area (Å²) in [5, 5.41) is 12.7. The van der Waals surface area contributed by atoms with Crippen LogP contribution in [0.1, 0.15) is 13.3 Å². The van der Waals surface area contributed by atoms with E-state index in [9.17, 15) is 4.79 Å². The Morgan fingerprint density at radius 3 is 2.81 bits per heavy atom. The maximum atomic E-state index is 11.7. The van der Waals surface area contributed by atoms with Crippen molar-refractivity contribution < 1.29 is 4.79 Å². The Bertz CT molecular complexity index is 1160. The van der Waals surface area contributed by atoms with Crippen molar-refractivity contribution in [3.05, 3.63) is 34.9 Å². The fraction of sp³-hybridized carbons (Fsp3) is 0.235. The molecule has 0 fully saturated rings. The molecule has 10 heteroatoms. The van der Waals surface area contributed by atoms with E-state index in [1.54, 1.807) is 15.4 Å². The van der Waals surface area contributed by atoms with Crippen molar-refractivity contribution >= 4 is 44.3 Å². The first-order valence-electron chi connectivity index (χ1n) is 8.38. The van der Waals surface area contributed by atoms with Crippen LogP contribution in [-0.4, -0.2) is 41.3 Å². The number of nitrogens with one attached hydrogen (secondary N) is 1. The molecular weight excluding hydrogens is 412 g/mol. The van der Waals surface area contributed by atoms with Crippen LogP contribution in [-0.2, 0) is 11.8 Å². The standard InChI is InChI=1S/C17H17BrN8O/c1-3-11(14(19)27)21-17-22-13-9(5-4-6-10(13)18)16-23-15(24-26(16)17)12-7-8-20-25(12)2/h4-8,11H,3H2,1-2H3,(H2,19,27)(H,21,22)/t11-/m1/s1. The minimum atomic E-state index is -0.565. The van der Waals surface area contributed by atoms with Gasteiger partial charge in [-0.15, -0.1) is 5.10 Å². The Labute approximate surface area is 162 Å². The largest absolute Gasteiger partial charge is 0.368 e. The summed E-state index contributed by atoms with van der Waals surface area (Å²) in [4.78, 5) is 21.1. The van der Waals surface area contributed by atoms with Gasteiger partial charge >= 0.3 is 0 Å². The lowest BCUT2D eigenvalue weighted by molar-refractivity contribution is -0.118. The average Bonchev–Trinajstić information content (AvgIpc) is 3.26. The number of amides is 1. The van der Waals surface area contributed by atoms with Crippen molar-refractivity contribution in [3.8, 4) is 11.5 Å². The van der Waals surface area contributed by atoms with Crippen molar-refractivity contribution in [2.45, 2.75) is 19.4 Å². The van der Waals surface area contributed by atoms with E-state index in [1.165, 1.54) is 0 Å². The first-order valence-corrected chi connectivity index (χ1v) is 9.18. The highest BCUT2D eigenvalue weighted by Gasteiger charge is 2.20. The summed E-state index contributed by atoms with van der Waals surface area (Å²) in [7, 11) is 1.83. The smallest absolute Gasteiger partial charge is 0.239 e. The molecule has 0 saturated heterocycles. The number of hydrogen-bond donors (Lipinski definition) is 2. The molecule has 0 saturated carbocycles. The van der Waals surface area contributed by atoms with Crippen LogP contribution in [0.15, 0.2) is 34.9 Å². The molecule has 27 heavy (non-hydrogen) atoms. The number of carbonyl (C=O) groups is 1. The SMILES string of the molecule is CC[C@@H](Nc1nc2c(Br)cccc2c2nc(-c3ccnn3C)nn12)C(N)=O. The number of halogens is 1. The molecule has 3 heterocycles. The maximum absolute atomic E-state index is 11.7. The molecule has 0 bridgehead atoms. The zero-order valence-corrected chi connectivity index (χ0v) is 16.3. The van der Waals surface area contributed by atoms with Crippen LogP contribution >= 0.6 is 15.9 Å². The summed E-state index contributed by atoms with van der Waals surface area (Å²) in [6.07, 6.45) is 2.21. The van der Waals surface area contributed by atoms with E-state index < -0.39 is 11.9 Å². The molecule has 4 aromatic rings. The van der Waals surface area contributed by atoms with Gasteiger partial charge in [0.25, 0.3) is 0 Å². The first kappa shape index (κ1) is 17.4. The lowest BCUT2D eigenvalue weighted by Crippen LogP contribution is -2.35. The summed E-state index contributed by atoms with van der Waals surface area (Å²) in [6.45, 7) is 1.87. The van der Waals surface area contributed by atoms with E-state index >= 15 is 0 Å². The number of nitrogens with zero attached hydrogens (tertiary/aromatic N) is 6. The van der Waals surface area contributed by atoms with Crippen molar-refractivity contribution in [1.29, 1.82) is 0 Å². The van der Waals surface area contributed by atoms with E-state index in [2.05, 4.69) is 36.4 Å². The number of fused-ring (bicyclic) bond motifs is 3. The highest BCUT2D eigenvalue weighted by molar-refractivity contribution is 9.10. The lowest BCUT2D eigenvalue weighted by atomic mass is 10.2. The van der Waals surface area contributed by atoms with Crippen LogP contribution in [0, 0.1) is 0 Å². The van der Waals surface area contributed by atoms with Gasteiger partial charge in [0.05, 0.1) is 5.52 Å². The molecule has 4 rings (SSSR count). The Hall–Kier alpha value is -3.01. The molecular formula is C17H17BrN8O. The Morgan fingerprint density at radius 2 is 2.15 bits per heavy atom. The molecule has 9 nitrogen and oxygen atoms in total. The zero-order valence-electron chi connectivity index (χ0n) is 14.7. The van der Waals surface area contributed by atoms with Crippen LogP contribution < -0.4 is 11.1 Å². The maximum Gasteiger partial charge on any atom is 0.239 e. The number of carbonyl (C=O) groups excluding carboxylic acids is 1. The van der Waals surface area contributed by atoms with Gasteiger partial charge in [0.1, 0.15) is 11.7 Å². The third-order valence-corrected chi connectivity index (χ3v) is 5.00. The van der Waals surface area contributed by atoms with E-state index in [0.29, 0.717) is 23.8 Å². The number of rotatable bonds is 5. The number of nitrogens with two attached hydrogens (primary N) is 1. The quantitative estimate of drug-likeness (QED) is 0.502. The minimum absolute atomic E-state index is 0.399. The van der Waals surface area contributed by atoms with Gasteiger partial charge in [0.15, 0.2) is 5.65 Å². The van der Waals surface area contributed by atoms with Gasteiger partial charge in [0, 0.05) is 23.1 Å². The molecule has 138 valence electrons. The number of aryl methyl sites for hydroxylation is 1. The summed E-state index contributed by atoms with van der Waals surface area (Å²) < 4.78 is 4.12. The number of hydrogen-bond acceptors (Lipinski definition) is 6. The molecule has 3 aromatic heterocycles. The van der Waals surface area contributed by atoms with Gasteiger partial charge < -0.3 is 11.1 Å². The molecule has 0 radical (unpaired) electrons. The normalized spacial score (nSPS) is 12.6. The third kappa shape index (κ3) is 2.91. The Morgan fingerprint density at radius 1 is 1.33 bits per heavy atom. The molecule has 0 aliphatic heterocycles. The Balaban J connectivity index is 2.00. The molecule has 1 aromatic carbocycles. The fourth-order valence-electron chi connectivity index (χ4n) is 2.92. The second kappa shape index (κ2) is 6.62. The first-order chi connectivity index (χ1) is 13.0. The van der Waals surface area contributed by atoms with Gasteiger partial charge in [-0.05, 0) is 40.5 Å². The molecule has 0 spiro atoms. The fourth-order valence-corrected chi connectivity index (χ4v) is 3.38. The molecule has 1 amide bonds. The van der Waals surface area contributed by atoms with Gasteiger partial charge in [-0.1, -0.05) is 13.0 Å². The molecule has 3 N–H and O–H groups in total. The van der Waals surface area contributed by atoms with Crippen LogP contribution in [0.2, 0.25) is 0 Å². The number of primary amides is 1.